The van der Waals surface area contributed by atoms with E-state index in [-0.39, 0.29) is 24.4 Å². The molecule has 0 aromatic heterocycles. The number of aliphatic carboxylic acids is 1. The van der Waals surface area contributed by atoms with Crippen LogP contribution >= 0.6 is 0 Å². The molecule has 2 atom stereocenters. The summed E-state index contributed by atoms with van der Waals surface area (Å²) >= 11 is 0. The Morgan fingerprint density at radius 2 is 1.64 bits per heavy atom. The van der Waals surface area contributed by atoms with Gasteiger partial charge in [-0.1, -0.05) is 13.3 Å². The molecule has 0 rings (SSSR count). The van der Waals surface area contributed by atoms with Crippen molar-refractivity contribution in [1.29, 1.82) is 0 Å². The van der Waals surface area contributed by atoms with E-state index in [1.165, 1.54) is 0 Å². The predicted molar refractivity (Wildman–Crippen MR) is 98.3 cm³/mol. The van der Waals surface area contributed by atoms with E-state index in [9.17, 15) is 14.4 Å². The zero-order valence-electron chi connectivity index (χ0n) is 16.1. The van der Waals surface area contributed by atoms with Crippen LogP contribution in [0.1, 0.15) is 72.6 Å². The van der Waals surface area contributed by atoms with E-state index in [1.807, 2.05) is 6.92 Å². The summed E-state index contributed by atoms with van der Waals surface area (Å²) in [5, 5.41) is 11.9. The first-order valence-corrected chi connectivity index (χ1v) is 9.03. The Labute approximate surface area is 150 Å². The van der Waals surface area contributed by atoms with E-state index in [1.54, 1.807) is 20.8 Å². The third kappa shape index (κ3) is 9.09. The Morgan fingerprint density at radius 3 is 2.16 bits per heavy atom. The second-order valence-corrected chi connectivity index (χ2v) is 7.46. The molecule has 2 unspecified atom stereocenters. The van der Waals surface area contributed by atoms with Gasteiger partial charge in [-0.3, -0.25) is 14.4 Å². The molecule has 146 valence electrons. The number of hydrogen-bond donors (Lipinski definition) is 4. The van der Waals surface area contributed by atoms with Crippen molar-refractivity contribution in [2.24, 2.45) is 11.5 Å². The highest BCUT2D eigenvalue weighted by molar-refractivity contribution is 5.88. The van der Waals surface area contributed by atoms with Crippen LogP contribution in [0.25, 0.3) is 0 Å². The molecule has 6 N–H and O–H groups in total. The molecule has 0 aliphatic heterocycles. The molecule has 7 nitrogen and oxygen atoms in total. The maximum Gasteiger partial charge on any atom is 0.320 e. The molecule has 0 aromatic rings. The number of carbonyl (C=O) groups excluding carboxylic acids is 2. The first-order chi connectivity index (χ1) is 11.4. The van der Waals surface area contributed by atoms with Gasteiger partial charge in [0.1, 0.15) is 6.04 Å². The van der Waals surface area contributed by atoms with E-state index in [0.29, 0.717) is 19.4 Å². The van der Waals surface area contributed by atoms with Gasteiger partial charge in [0.15, 0.2) is 11.6 Å². The van der Waals surface area contributed by atoms with Gasteiger partial charge in [-0.15, -0.1) is 0 Å². The fourth-order valence-electron chi connectivity index (χ4n) is 2.29. The third-order valence-electron chi connectivity index (χ3n) is 4.72. The molecule has 0 saturated heterocycles. The van der Waals surface area contributed by atoms with Crippen molar-refractivity contribution in [2.45, 2.75) is 89.8 Å². The number of Topliss-reactive ketones (excluding diaryl/α,β-unsaturated/α-hetero) is 2. The van der Waals surface area contributed by atoms with Gasteiger partial charge in [-0.2, -0.15) is 0 Å². The Balaban J connectivity index is 4.01. The van der Waals surface area contributed by atoms with E-state index in [0.717, 1.165) is 19.3 Å². The van der Waals surface area contributed by atoms with Crippen LogP contribution in [0.4, 0.5) is 0 Å². The third-order valence-corrected chi connectivity index (χ3v) is 4.72. The predicted octanol–water partition coefficient (Wildman–Crippen LogP) is 1.37. The Kier molecular flexibility index (Phi) is 10.1. The lowest BCUT2D eigenvalue weighted by Crippen LogP contribution is -2.47. The van der Waals surface area contributed by atoms with Gasteiger partial charge in [0.25, 0.3) is 0 Å². The normalized spacial score (nSPS) is 15.4. The number of carbonyl (C=O) groups is 3. The van der Waals surface area contributed by atoms with E-state index in [4.69, 9.17) is 16.6 Å². The van der Waals surface area contributed by atoms with E-state index in [2.05, 4.69) is 5.32 Å². The van der Waals surface area contributed by atoms with Crippen molar-refractivity contribution in [3.05, 3.63) is 0 Å². The molecule has 0 bridgehead atoms. The van der Waals surface area contributed by atoms with Gasteiger partial charge >= 0.3 is 5.97 Å². The van der Waals surface area contributed by atoms with Gasteiger partial charge in [0.2, 0.25) is 0 Å². The fourth-order valence-corrected chi connectivity index (χ4v) is 2.29. The minimum Gasteiger partial charge on any atom is -0.480 e. The van der Waals surface area contributed by atoms with Crippen molar-refractivity contribution in [3.63, 3.8) is 0 Å². The quantitative estimate of drug-likeness (QED) is 0.345. The molecule has 25 heavy (non-hydrogen) atoms. The molecule has 0 spiro atoms. The zero-order valence-corrected chi connectivity index (χ0v) is 16.1. The molecule has 0 fully saturated rings. The smallest absolute Gasteiger partial charge is 0.320 e. The van der Waals surface area contributed by atoms with Gasteiger partial charge in [0.05, 0.1) is 11.1 Å². The Bertz CT molecular complexity index is 461. The average Bonchev–Trinajstić information content (AvgIpc) is 2.54. The van der Waals surface area contributed by atoms with E-state index < -0.39 is 23.1 Å². The highest BCUT2D eigenvalue weighted by Gasteiger charge is 2.27. The average molecular weight is 357 g/mol. The van der Waals surface area contributed by atoms with Gasteiger partial charge in [-0.25, -0.2) is 0 Å². The fraction of sp³-hybridized carbons (Fsp3) is 0.833. The highest BCUT2D eigenvalue weighted by atomic mass is 16.4. The number of hydrogen-bond acceptors (Lipinski definition) is 6. The lowest BCUT2D eigenvalue weighted by atomic mass is 9.91. The molecular weight excluding hydrogens is 322 g/mol. The van der Waals surface area contributed by atoms with Crippen molar-refractivity contribution in [1.82, 2.24) is 5.32 Å². The molecular formula is C18H35N3O4. The van der Waals surface area contributed by atoms with E-state index >= 15 is 0 Å². The first-order valence-electron chi connectivity index (χ1n) is 9.03. The summed E-state index contributed by atoms with van der Waals surface area (Å²) in [5.41, 5.74) is 9.88. The summed E-state index contributed by atoms with van der Waals surface area (Å²) in [6.45, 7) is 7.90. The van der Waals surface area contributed by atoms with Crippen molar-refractivity contribution in [3.8, 4) is 0 Å². The second-order valence-electron chi connectivity index (χ2n) is 7.46. The van der Waals surface area contributed by atoms with Gasteiger partial charge < -0.3 is 21.9 Å². The van der Waals surface area contributed by atoms with Crippen molar-refractivity contribution in [2.75, 3.05) is 6.54 Å². The number of unbranched alkanes of at least 4 members (excludes halogenated alkanes) is 2. The van der Waals surface area contributed by atoms with Crippen LogP contribution in [-0.4, -0.2) is 46.3 Å². The Morgan fingerprint density at radius 1 is 1.04 bits per heavy atom. The lowest BCUT2D eigenvalue weighted by molar-refractivity contribution is -0.138. The SMILES string of the molecule is CCC(C)(N)C(=O)CCCCCNC(C)(C)C(=O)CCC(N)C(=O)O. The molecule has 0 heterocycles. The summed E-state index contributed by atoms with van der Waals surface area (Å²) < 4.78 is 0. The first kappa shape index (κ1) is 23.7. The number of rotatable bonds is 14. The molecule has 0 saturated carbocycles. The number of carboxylic acids is 1. The molecule has 0 amide bonds. The maximum atomic E-state index is 12.2. The van der Waals surface area contributed by atoms with Crippen molar-refractivity contribution < 1.29 is 19.5 Å². The molecule has 0 aromatic carbocycles. The number of nitrogens with one attached hydrogen (secondary N) is 1. The van der Waals surface area contributed by atoms with Crippen LogP contribution in [0.15, 0.2) is 0 Å². The largest absolute Gasteiger partial charge is 0.480 e. The van der Waals surface area contributed by atoms with Crippen LogP contribution < -0.4 is 16.8 Å². The van der Waals surface area contributed by atoms with Crippen LogP contribution in [0, 0.1) is 0 Å². The number of ketones is 2. The molecule has 7 heteroatoms. The van der Waals surface area contributed by atoms with Crippen LogP contribution in [0.3, 0.4) is 0 Å². The summed E-state index contributed by atoms with van der Waals surface area (Å²) in [4.78, 5) is 34.8. The van der Waals surface area contributed by atoms with Crippen molar-refractivity contribution >= 4 is 17.5 Å². The Hall–Kier alpha value is -1.31. The number of nitrogens with two attached hydrogens (primary N) is 2. The van der Waals surface area contributed by atoms with Crippen LogP contribution in [0.5, 0.6) is 0 Å². The molecule has 0 aliphatic carbocycles. The minimum atomic E-state index is -1.09. The summed E-state index contributed by atoms with van der Waals surface area (Å²) in [6, 6.07) is -1.01. The zero-order chi connectivity index (χ0) is 19.7. The maximum absolute atomic E-state index is 12.2. The van der Waals surface area contributed by atoms with Crippen LogP contribution in [-0.2, 0) is 14.4 Å². The monoisotopic (exact) mass is 357 g/mol. The second kappa shape index (κ2) is 10.6. The lowest BCUT2D eigenvalue weighted by Gasteiger charge is -2.25. The summed E-state index contributed by atoms with van der Waals surface area (Å²) in [6.07, 6.45) is 3.91. The summed E-state index contributed by atoms with van der Waals surface area (Å²) in [5.74, 6) is -1.06. The number of carboxylic acid groups (broad SMARTS) is 1. The molecule has 0 aliphatic rings. The van der Waals surface area contributed by atoms with Crippen LogP contribution in [0.2, 0.25) is 0 Å². The molecule has 0 radical (unpaired) electrons. The summed E-state index contributed by atoms with van der Waals surface area (Å²) in [7, 11) is 0. The van der Waals surface area contributed by atoms with Gasteiger partial charge in [-0.05, 0) is 53.0 Å². The van der Waals surface area contributed by atoms with Gasteiger partial charge in [0, 0.05) is 12.8 Å². The minimum absolute atomic E-state index is 0.0544. The topological polar surface area (TPSA) is 136 Å². The standard InChI is InChI=1S/C18H35N3O4/c1-5-18(4,20)15(23)9-7-6-8-12-21-17(2,3)14(22)11-10-13(19)16(24)25/h13,21H,5-12,19-20H2,1-4H3,(H,24,25). The highest BCUT2D eigenvalue weighted by Crippen LogP contribution is 2.13.